The zero-order chi connectivity index (χ0) is 32.5. The molecule has 11 atom stereocenters. The topological polar surface area (TPSA) is 321 Å². The molecule has 46 heavy (non-hydrogen) atoms. The molecule has 3 fully saturated rings. The van der Waals surface area contributed by atoms with Crippen molar-refractivity contribution in [2.24, 2.45) is 0 Å². The van der Waals surface area contributed by atoms with Crippen LogP contribution >= 0.6 is 15.6 Å². The van der Waals surface area contributed by atoms with Crippen LogP contribution in [0.2, 0.25) is 0 Å². The molecule has 6 unspecified atom stereocenters. The molecule has 0 amide bonds. The lowest BCUT2D eigenvalue weighted by molar-refractivity contribution is -0.354. The number of nitrogens with two attached hydrogens (primary N) is 2. The molecule has 246 valence electrons. The Morgan fingerprint density at radius 1 is 0.957 bits per heavy atom. The number of anilines is 2. The zero-order valence-corrected chi connectivity index (χ0v) is 25.1. The third-order valence-electron chi connectivity index (χ3n) is 7.88. The second kappa shape index (κ2) is 11.4. The van der Waals surface area contributed by atoms with Crippen LogP contribution < -0.4 is 11.5 Å². The van der Waals surface area contributed by atoms with Crippen LogP contribution in [0.15, 0.2) is 25.3 Å². The van der Waals surface area contributed by atoms with Crippen LogP contribution in [-0.2, 0) is 32.6 Å². The summed E-state index contributed by atoms with van der Waals surface area (Å²) in [6.07, 6.45) is -7.13. The Kier molecular flexibility index (Phi) is 7.74. The molecule has 3 aliphatic rings. The molecule has 3 aliphatic heterocycles. The number of hydrogen-bond donors (Lipinski definition) is 7. The Morgan fingerprint density at radius 2 is 1.54 bits per heavy atom. The minimum absolute atomic E-state index is 0.0798. The molecule has 0 aromatic carbocycles. The van der Waals surface area contributed by atoms with E-state index >= 15 is 0 Å². The van der Waals surface area contributed by atoms with E-state index in [2.05, 4.69) is 29.9 Å². The molecule has 4 aromatic rings. The molecule has 7 rings (SSSR count). The van der Waals surface area contributed by atoms with Gasteiger partial charge < -0.3 is 50.6 Å². The lowest BCUT2D eigenvalue weighted by Crippen LogP contribution is -2.67. The van der Waals surface area contributed by atoms with Crippen molar-refractivity contribution in [1.29, 1.82) is 0 Å². The molecule has 7 heterocycles. The second-order valence-electron chi connectivity index (χ2n) is 10.7. The maximum atomic E-state index is 13.3. The smallest absolute Gasteiger partial charge is 0.394 e. The molecule has 0 spiro atoms. The number of ether oxygens (including phenoxy) is 4. The van der Waals surface area contributed by atoms with Gasteiger partial charge in [-0.25, -0.2) is 29.9 Å². The van der Waals surface area contributed by atoms with Crippen LogP contribution in [0, 0.1) is 0 Å². The summed E-state index contributed by atoms with van der Waals surface area (Å²) >= 11 is 0. The van der Waals surface area contributed by atoms with Gasteiger partial charge in [-0.3, -0.25) is 18.2 Å². The minimum Gasteiger partial charge on any atom is -0.394 e. The molecule has 4 aromatic heterocycles. The number of aliphatic hydroxyl groups is 3. The van der Waals surface area contributed by atoms with Gasteiger partial charge in [-0.2, -0.15) is 4.89 Å². The maximum Gasteiger partial charge on any atom is 0.511 e. The lowest BCUT2D eigenvalue weighted by atomic mass is 9.96. The van der Waals surface area contributed by atoms with Gasteiger partial charge in [-0.05, 0) is 4.57 Å². The molecular weight excluding hydrogens is 658 g/mol. The first-order valence-electron chi connectivity index (χ1n) is 13.5. The minimum atomic E-state index is -4.88. The molecule has 0 bridgehead atoms. The molecule has 3 saturated heterocycles. The van der Waals surface area contributed by atoms with Gasteiger partial charge in [0.05, 0.1) is 19.3 Å². The molecule has 9 N–H and O–H groups in total. The van der Waals surface area contributed by atoms with Crippen molar-refractivity contribution in [3.8, 4) is 0 Å². The number of imidazole rings is 2. The number of hydrogen-bond acceptors (Lipinski definition) is 18. The van der Waals surface area contributed by atoms with Crippen LogP contribution in [0.25, 0.3) is 22.3 Å². The summed E-state index contributed by atoms with van der Waals surface area (Å²) < 4.78 is 56.3. The van der Waals surface area contributed by atoms with E-state index in [1.165, 1.54) is 34.4 Å². The van der Waals surface area contributed by atoms with Crippen molar-refractivity contribution in [2.45, 2.75) is 54.9 Å². The molecule has 0 aliphatic carbocycles. The van der Waals surface area contributed by atoms with E-state index in [1.54, 1.807) is 0 Å². The first kappa shape index (κ1) is 31.2. The van der Waals surface area contributed by atoms with E-state index in [0.29, 0.717) is 0 Å². The van der Waals surface area contributed by atoms with Crippen LogP contribution in [0.5, 0.6) is 0 Å². The predicted molar refractivity (Wildman–Crippen MR) is 149 cm³/mol. The highest BCUT2D eigenvalue weighted by Crippen LogP contribution is 2.58. The Bertz CT molecular complexity index is 1860. The Morgan fingerprint density at radius 3 is 2.11 bits per heavy atom. The monoisotopic (exact) mass is 685 g/mol. The normalized spacial score (nSPS) is 34.1. The van der Waals surface area contributed by atoms with Gasteiger partial charge in [0.15, 0.2) is 35.4 Å². The summed E-state index contributed by atoms with van der Waals surface area (Å²) in [6, 6.07) is 0. The largest absolute Gasteiger partial charge is 0.511 e. The average molecular weight is 685 g/mol. The van der Waals surface area contributed by atoms with E-state index < -0.39 is 89.6 Å². The SMILES string of the molecule is Nc1ncnc2c1ncn2[C@@H]1O[C@H]2C(OC2(C[P+](=O)O)OP(=O)(O)COC2[C@@H](CO)O[C@@H](n3cnc4c(N)ncnc43)[C@H]2O)C1O. The molecule has 0 saturated carbocycles. The van der Waals surface area contributed by atoms with Gasteiger partial charge >= 0.3 is 15.6 Å². The number of rotatable bonds is 10. The van der Waals surface area contributed by atoms with E-state index in [-0.39, 0.29) is 34.0 Å². The van der Waals surface area contributed by atoms with Gasteiger partial charge in [-0.15, -0.1) is 0 Å². The third kappa shape index (κ3) is 5.03. The molecule has 0 radical (unpaired) electrons. The average Bonchev–Trinajstić information content (AvgIpc) is 3.75. The van der Waals surface area contributed by atoms with Crippen molar-refractivity contribution in [1.82, 2.24) is 39.0 Å². The van der Waals surface area contributed by atoms with Gasteiger partial charge in [0.25, 0.3) is 5.79 Å². The summed E-state index contributed by atoms with van der Waals surface area (Å²) in [5.41, 5.74) is 12.6. The fourth-order valence-corrected chi connectivity index (χ4v) is 7.78. The van der Waals surface area contributed by atoms with Crippen molar-refractivity contribution >= 4 is 49.6 Å². The number of nitrogens with zero attached hydrogens (tertiary/aromatic N) is 8. The fourth-order valence-electron chi connectivity index (χ4n) is 5.87. The van der Waals surface area contributed by atoms with Crippen molar-refractivity contribution in [3.63, 3.8) is 0 Å². The highest BCUT2D eigenvalue weighted by Gasteiger charge is 2.71. The van der Waals surface area contributed by atoms with E-state index in [0.717, 1.165) is 0 Å². The standard InChI is InChI=1S/C22H26N10O12P2/c23-16-9-18(27-3-25-16)31(5-29-9)20-11(34)13(8(1-33)41-20)40-7-46(38,39)44-22(2-45(36)37)15-14(43-22)12(35)21(42-15)32-6-30-10-17(24)26-4-28-19(10)32/h3-6,8,11-15,20-21,33-35H,1-2,7H2,(H5-,23,24,25,26,27,28,36,37,38,39)/p+1/t8-,11+,12?,13?,14?,15+,20-,21-,22?/m1/s1. The van der Waals surface area contributed by atoms with Gasteiger partial charge in [0.1, 0.15) is 66.7 Å². The van der Waals surface area contributed by atoms with Crippen LogP contribution in [0.3, 0.4) is 0 Å². The summed E-state index contributed by atoms with van der Waals surface area (Å²) in [5.74, 6) is -2.09. The van der Waals surface area contributed by atoms with Gasteiger partial charge in [0.2, 0.25) is 6.16 Å². The van der Waals surface area contributed by atoms with Crippen molar-refractivity contribution in [3.05, 3.63) is 25.3 Å². The number of fused-ring (bicyclic) bond motifs is 3. The highest BCUT2D eigenvalue weighted by atomic mass is 31.2. The van der Waals surface area contributed by atoms with Crippen LogP contribution in [-0.4, -0.2) is 126 Å². The maximum absolute atomic E-state index is 13.3. The Labute approximate surface area is 257 Å². The lowest BCUT2D eigenvalue weighted by Gasteiger charge is -2.47. The van der Waals surface area contributed by atoms with Crippen molar-refractivity contribution < 1.29 is 57.7 Å². The summed E-state index contributed by atoms with van der Waals surface area (Å²) in [7, 11) is -7.90. The Hall–Kier alpha value is -3.37. The highest BCUT2D eigenvalue weighted by molar-refractivity contribution is 7.52. The first-order chi connectivity index (χ1) is 21.9. The van der Waals surface area contributed by atoms with Crippen LogP contribution in [0.4, 0.5) is 11.6 Å². The molecule has 24 heteroatoms. The number of aromatic nitrogens is 8. The van der Waals surface area contributed by atoms with E-state index in [9.17, 15) is 34.2 Å². The first-order valence-corrected chi connectivity index (χ1v) is 16.7. The molecule has 22 nitrogen and oxygen atoms in total. The van der Waals surface area contributed by atoms with Gasteiger partial charge in [0, 0.05) is 0 Å². The second-order valence-corrected chi connectivity index (χ2v) is 13.5. The zero-order valence-electron chi connectivity index (χ0n) is 23.3. The van der Waals surface area contributed by atoms with Crippen molar-refractivity contribution in [2.75, 3.05) is 30.6 Å². The van der Waals surface area contributed by atoms with Crippen LogP contribution in [0.1, 0.15) is 12.5 Å². The van der Waals surface area contributed by atoms with Gasteiger partial charge in [-0.1, -0.05) is 0 Å². The quantitative estimate of drug-likeness (QED) is 0.0864. The third-order valence-corrected chi connectivity index (χ3v) is 9.66. The number of aliphatic hydroxyl groups excluding tert-OH is 3. The fraction of sp³-hybridized carbons (Fsp3) is 0.545. The summed E-state index contributed by atoms with van der Waals surface area (Å²) in [6.45, 7) is -0.646. The Balaban J connectivity index is 1.07. The summed E-state index contributed by atoms with van der Waals surface area (Å²) in [5, 5.41) is 31.9. The molecular formula is C22H27N10O12P2+. The van der Waals surface area contributed by atoms with E-state index in [1.807, 2.05) is 0 Å². The predicted octanol–water partition coefficient (Wildman–Crippen LogP) is -2.29. The summed E-state index contributed by atoms with van der Waals surface area (Å²) in [4.78, 5) is 44.7. The van der Waals surface area contributed by atoms with E-state index in [4.69, 9.17) is 34.9 Å². The number of nitrogen functional groups attached to an aromatic ring is 2.